The van der Waals surface area contributed by atoms with Gasteiger partial charge in [-0.05, 0) is 62.1 Å². The number of amides is 1. The molecule has 3 aromatic rings. The highest BCUT2D eigenvalue weighted by molar-refractivity contribution is 6.30. The number of aromatic nitrogens is 1. The Kier molecular flexibility index (Phi) is 3.61. The standard InChI is InChI=1S/C22H21ClN2O/c1-14-8-9-19-18(12-14)17-6-3-7-20-21(17)24(19)10-11-25(20)22(26)15-4-2-5-16(23)13-15/h2,4-5,8-9,12-13,20H,3,6-7,10-11H2,1H3. The van der Waals surface area contributed by atoms with Crippen LogP contribution in [-0.4, -0.2) is 21.9 Å². The Bertz CT molecular complexity index is 1040. The van der Waals surface area contributed by atoms with E-state index in [-0.39, 0.29) is 11.9 Å². The minimum atomic E-state index is 0.0954. The average molecular weight is 365 g/mol. The van der Waals surface area contributed by atoms with E-state index in [4.69, 9.17) is 11.6 Å². The summed E-state index contributed by atoms with van der Waals surface area (Å²) in [5.41, 5.74) is 6.11. The topological polar surface area (TPSA) is 25.2 Å². The summed E-state index contributed by atoms with van der Waals surface area (Å²) in [6, 6.07) is 14.2. The Morgan fingerprint density at radius 2 is 2.04 bits per heavy atom. The maximum Gasteiger partial charge on any atom is 0.254 e. The monoisotopic (exact) mass is 364 g/mol. The number of halogens is 1. The van der Waals surface area contributed by atoms with Gasteiger partial charge < -0.3 is 9.47 Å². The van der Waals surface area contributed by atoms with Crippen LogP contribution in [0.15, 0.2) is 42.5 Å². The highest BCUT2D eigenvalue weighted by atomic mass is 35.5. The molecule has 26 heavy (non-hydrogen) atoms. The summed E-state index contributed by atoms with van der Waals surface area (Å²) in [4.78, 5) is 15.3. The second-order valence-electron chi connectivity index (χ2n) is 7.45. The van der Waals surface area contributed by atoms with Crippen LogP contribution in [0.2, 0.25) is 5.02 Å². The molecule has 0 saturated carbocycles. The highest BCUT2D eigenvalue weighted by Crippen LogP contribution is 2.43. The second kappa shape index (κ2) is 5.88. The largest absolute Gasteiger partial charge is 0.341 e. The number of rotatable bonds is 1. The van der Waals surface area contributed by atoms with E-state index in [1.54, 1.807) is 6.07 Å². The zero-order chi connectivity index (χ0) is 17.8. The molecule has 0 radical (unpaired) electrons. The maximum atomic E-state index is 13.2. The third-order valence-electron chi connectivity index (χ3n) is 5.86. The molecule has 0 fully saturated rings. The van der Waals surface area contributed by atoms with E-state index >= 15 is 0 Å². The molecule has 4 heteroatoms. The van der Waals surface area contributed by atoms with E-state index in [2.05, 4.69) is 34.6 Å². The van der Waals surface area contributed by atoms with Crippen molar-refractivity contribution in [3.63, 3.8) is 0 Å². The number of nitrogens with zero attached hydrogens (tertiary/aromatic N) is 2. The number of fused-ring (bicyclic) bond motifs is 3. The SMILES string of the molecule is Cc1ccc2c(c1)c1c3n2CCN(C(=O)c2cccc(Cl)c2)C3CCC1. The predicted molar refractivity (Wildman–Crippen MR) is 105 cm³/mol. The summed E-state index contributed by atoms with van der Waals surface area (Å²) < 4.78 is 2.45. The molecule has 132 valence electrons. The Hall–Kier alpha value is -2.26. The minimum Gasteiger partial charge on any atom is -0.341 e. The summed E-state index contributed by atoms with van der Waals surface area (Å²) in [6.07, 6.45) is 3.27. The molecule has 1 unspecified atom stereocenters. The van der Waals surface area contributed by atoms with E-state index in [1.807, 2.05) is 18.2 Å². The van der Waals surface area contributed by atoms with Gasteiger partial charge in [0.15, 0.2) is 0 Å². The smallest absolute Gasteiger partial charge is 0.254 e. The Morgan fingerprint density at radius 3 is 2.88 bits per heavy atom. The van der Waals surface area contributed by atoms with Gasteiger partial charge in [-0.15, -0.1) is 0 Å². The van der Waals surface area contributed by atoms with Crippen LogP contribution >= 0.6 is 11.6 Å². The third kappa shape index (κ3) is 2.30. The molecule has 0 saturated heterocycles. The third-order valence-corrected chi connectivity index (χ3v) is 6.10. The van der Waals surface area contributed by atoms with Crippen molar-refractivity contribution in [3.8, 4) is 0 Å². The molecule has 2 heterocycles. The summed E-state index contributed by atoms with van der Waals surface area (Å²) in [5, 5.41) is 1.99. The predicted octanol–water partition coefficient (Wildman–Crippen LogP) is 5.14. The molecule has 1 aliphatic heterocycles. The molecule has 0 N–H and O–H groups in total. The Balaban J connectivity index is 1.62. The lowest BCUT2D eigenvalue weighted by molar-refractivity contribution is 0.0601. The van der Waals surface area contributed by atoms with Crippen LogP contribution in [0.5, 0.6) is 0 Å². The average Bonchev–Trinajstić information content (AvgIpc) is 2.97. The van der Waals surface area contributed by atoms with E-state index in [1.165, 1.54) is 27.7 Å². The number of hydrogen-bond acceptors (Lipinski definition) is 1. The lowest BCUT2D eigenvalue weighted by Crippen LogP contribution is -2.43. The first-order chi connectivity index (χ1) is 12.6. The van der Waals surface area contributed by atoms with Crippen molar-refractivity contribution in [2.45, 2.75) is 38.8 Å². The summed E-state index contributed by atoms with van der Waals surface area (Å²) >= 11 is 6.11. The van der Waals surface area contributed by atoms with Gasteiger partial charge >= 0.3 is 0 Å². The molecule has 1 atom stereocenters. The number of hydrogen-bond donors (Lipinski definition) is 0. The van der Waals surface area contributed by atoms with Gasteiger partial charge in [-0.25, -0.2) is 0 Å². The quantitative estimate of drug-likeness (QED) is 0.587. The minimum absolute atomic E-state index is 0.0954. The van der Waals surface area contributed by atoms with Gasteiger partial charge in [0.05, 0.1) is 6.04 Å². The molecule has 1 aliphatic carbocycles. The van der Waals surface area contributed by atoms with Crippen molar-refractivity contribution in [2.75, 3.05) is 6.54 Å². The van der Waals surface area contributed by atoms with Crippen LogP contribution < -0.4 is 0 Å². The van der Waals surface area contributed by atoms with E-state index < -0.39 is 0 Å². The first kappa shape index (κ1) is 16.0. The molecule has 2 aromatic carbocycles. The van der Waals surface area contributed by atoms with Crippen LogP contribution in [0.4, 0.5) is 0 Å². The van der Waals surface area contributed by atoms with Gasteiger partial charge in [-0.2, -0.15) is 0 Å². The lowest BCUT2D eigenvalue weighted by atomic mass is 9.89. The molecule has 3 nitrogen and oxygen atoms in total. The molecular formula is C22H21ClN2O. The Morgan fingerprint density at radius 1 is 1.15 bits per heavy atom. The fourth-order valence-electron chi connectivity index (χ4n) is 4.75. The van der Waals surface area contributed by atoms with Crippen LogP contribution in [-0.2, 0) is 13.0 Å². The van der Waals surface area contributed by atoms with E-state index in [9.17, 15) is 4.79 Å². The zero-order valence-corrected chi connectivity index (χ0v) is 15.6. The van der Waals surface area contributed by atoms with Crippen molar-refractivity contribution in [2.24, 2.45) is 0 Å². The number of benzene rings is 2. The molecule has 2 aliphatic rings. The van der Waals surface area contributed by atoms with E-state index in [0.29, 0.717) is 10.6 Å². The van der Waals surface area contributed by atoms with Crippen LogP contribution in [0.25, 0.3) is 10.9 Å². The van der Waals surface area contributed by atoms with Crippen LogP contribution in [0.3, 0.4) is 0 Å². The van der Waals surface area contributed by atoms with Crippen LogP contribution in [0.1, 0.15) is 46.1 Å². The summed E-state index contributed by atoms with van der Waals surface area (Å²) in [5.74, 6) is 0.0954. The van der Waals surface area contributed by atoms with Crippen molar-refractivity contribution >= 4 is 28.4 Å². The number of aryl methyl sites for hydroxylation is 2. The molecule has 0 spiro atoms. The first-order valence-corrected chi connectivity index (χ1v) is 9.69. The molecule has 1 aromatic heterocycles. The fraction of sp³-hybridized carbons (Fsp3) is 0.318. The van der Waals surface area contributed by atoms with Crippen LogP contribution in [0, 0.1) is 6.92 Å². The molecular weight excluding hydrogens is 344 g/mol. The normalized spacial score (nSPS) is 18.8. The van der Waals surface area contributed by atoms with Gasteiger partial charge in [-0.3, -0.25) is 4.79 Å². The Labute approximate surface area is 158 Å². The van der Waals surface area contributed by atoms with Gasteiger partial charge in [0.25, 0.3) is 5.91 Å². The van der Waals surface area contributed by atoms with Gasteiger partial charge in [0, 0.05) is 40.3 Å². The summed E-state index contributed by atoms with van der Waals surface area (Å²) in [6.45, 7) is 3.76. The lowest BCUT2D eigenvalue weighted by Gasteiger charge is -2.40. The fourth-order valence-corrected chi connectivity index (χ4v) is 4.94. The first-order valence-electron chi connectivity index (χ1n) is 9.31. The molecule has 0 bridgehead atoms. The maximum absolute atomic E-state index is 13.2. The number of carbonyl (C=O) groups excluding carboxylic acids is 1. The van der Waals surface area contributed by atoms with Crippen molar-refractivity contribution in [1.29, 1.82) is 0 Å². The van der Waals surface area contributed by atoms with E-state index in [0.717, 1.165) is 32.4 Å². The van der Waals surface area contributed by atoms with Gasteiger partial charge in [0.1, 0.15) is 0 Å². The van der Waals surface area contributed by atoms with Crippen molar-refractivity contribution in [1.82, 2.24) is 9.47 Å². The number of carbonyl (C=O) groups is 1. The highest BCUT2D eigenvalue weighted by Gasteiger charge is 2.37. The second-order valence-corrected chi connectivity index (χ2v) is 7.89. The van der Waals surface area contributed by atoms with Crippen molar-refractivity contribution in [3.05, 3.63) is 69.9 Å². The van der Waals surface area contributed by atoms with Crippen molar-refractivity contribution < 1.29 is 4.79 Å². The zero-order valence-electron chi connectivity index (χ0n) is 14.8. The summed E-state index contributed by atoms with van der Waals surface area (Å²) in [7, 11) is 0. The van der Waals surface area contributed by atoms with Gasteiger partial charge in [0.2, 0.25) is 0 Å². The molecule has 5 rings (SSSR count). The van der Waals surface area contributed by atoms with Gasteiger partial charge in [-0.1, -0.05) is 29.3 Å². The molecule has 1 amide bonds.